The molecule has 0 unspecified atom stereocenters. The molecular weight excluding hydrogens is 458 g/mol. The van der Waals surface area contributed by atoms with Gasteiger partial charge in [-0.25, -0.2) is 8.78 Å². The lowest BCUT2D eigenvalue weighted by Crippen LogP contribution is -1.93. The van der Waals surface area contributed by atoms with E-state index in [2.05, 4.69) is 4.74 Å². The Labute approximate surface area is 192 Å². The van der Waals surface area contributed by atoms with Gasteiger partial charge in [-0.1, -0.05) is 0 Å². The molecule has 0 aliphatic carbocycles. The minimum absolute atomic E-state index is 0.0631. The maximum atomic E-state index is 12.6. The van der Waals surface area contributed by atoms with Crippen LogP contribution in [0.5, 0.6) is 17.2 Å². The van der Waals surface area contributed by atoms with Crippen LogP contribution in [0.2, 0.25) is 0 Å². The summed E-state index contributed by atoms with van der Waals surface area (Å²) in [6.45, 7) is 0. The van der Waals surface area contributed by atoms with E-state index in [1.54, 1.807) is 6.07 Å². The second-order valence-electron chi connectivity index (χ2n) is 6.25. The Morgan fingerprint density at radius 1 is 0.618 bits per heavy atom. The van der Waals surface area contributed by atoms with Gasteiger partial charge in [0.15, 0.2) is 0 Å². The fourth-order valence-electron chi connectivity index (χ4n) is 2.30. The van der Waals surface area contributed by atoms with Crippen LogP contribution in [0.25, 0.3) is 0 Å². The predicted molar refractivity (Wildman–Crippen MR) is 121 cm³/mol. The van der Waals surface area contributed by atoms with Crippen LogP contribution >= 0.6 is 0 Å². The highest BCUT2D eigenvalue weighted by atomic mass is 19.1. The number of non-ortho nitro benzene ring substituents is 2. The van der Waals surface area contributed by atoms with E-state index in [1.807, 2.05) is 0 Å². The summed E-state index contributed by atoms with van der Waals surface area (Å²) in [6.07, 6.45) is 0. The molecule has 182 valence electrons. The molecule has 3 rings (SSSR count). The van der Waals surface area contributed by atoms with Crippen LogP contribution in [-0.2, 0) is 0 Å². The highest BCUT2D eigenvalue weighted by Gasteiger charge is 2.09. The van der Waals surface area contributed by atoms with Crippen molar-refractivity contribution in [2.75, 3.05) is 32.8 Å². The highest BCUT2D eigenvalue weighted by Crippen LogP contribution is 2.23. The molecule has 0 fully saturated rings. The van der Waals surface area contributed by atoms with Crippen LogP contribution < -0.4 is 25.7 Å². The largest absolute Gasteiger partial charge is 0.497 e. The molecule has 3 aromatic carbocycles. The number of nitro groups is 2. The Bertz CT molecular complexity index is 1060. The smallest absolute Gasteiger partial charge is 0.276 e. The lowest BCUT2D eigenvalue weighted by Gasteiger charge is -2.00. The lowest BCUT2D eigenvalue weighted by molar-refractivity contribution is -0.385. The normalized spacial score (nSPS) is 9.44. The van der Waals surface area contributed by atoms with Crippen molar-refractivity contribution in [3.05, 3.63) is 86.5 Å². The van der Waals surface area contributed by atoms with Crippen molar-refractivity contribution in [1.82, 2.24) is 0 Å². The molecule has 0 amide bonds. The molecule has 0 saturated carbocycles. The fourth-order valence-corrected chi connectivity index (χ4v) is 2.30. The van der Waals surface area contributed by atoms with E-state index in [0.717, 1.165) is 18.2 Å². The van der Waals surface area contributed by atoms with E-state index in [4.69, 9.17) is 20.9 Å². The minimum atomic E-state index is -0.680. The first kappa shape index (κ1) is 27.4. The molecule has 13 heteroatoms. The second-order valence-corrected chi connectivity index (χ2v) is 6.25. The van der Waals surface area contributed by atoms with E-state index in [1.165, 1.54) is 51.7 Å². The third-order valence-electron chi connectivity index (χ3n) is 3.79. The monoisotopic (exact) mass is 480 g/mol. The summed E-state index contributed by atoms with van der Waals surface area (Å²) < 4.78 is 39.2. The molecule has 0 atom stereocenters. The number of benzene rings is 3. The number of nitrogens with two attached hydrogens (primary N) is 2. The molecule has 4 N–H and O–H groups in total. The summed E-state index contributed by atoms with van der Waals surface area (Å²) in [7, 11) is 4.21. The zero-order valence-electron chi connectivity index (χ0n) is 18.4. The lowest BCUT2D eigenvalue weighted by atomic mass is 10.2. The van der Waals surface area contributed by atoms with E-state index >= 15 is 0 Å². The zero-order valence-corrected chi connectivity index (χ0v) is 18.4. The number of methoxy groups -OCH3 is 3. The van der Waals surface area contributed by atoms with Crippen molar-refractivity contribution in [2.45, 2.75) is 0 Å². The van der Waals surface area contributed by atoms with Crippen LogP contribution in [0.3, 0.4) is 0 Å². The number of nitrogens with zero attached hydrogens (tertiary/aromatic N) is 2. The van der Waals surface area contributed by atoms with E-state index in [9.17, 15) is 29.0 Å². The molecule has 0 heterocycles. The third-order valence-corrected chi connectivity index (χ3v) is 3.79. The summed E-state index contributed by atoms with van der Waals surface area (Å²) in [5.74, 6) is -0.0844. The molecule has 3 aromatic rings. The Kier molecular flexibility index (Phi) is 10.5. The number of hydrogen-bond acceptors (Lipinski definition) is 9. The summed E-state index contributed by atoms with van der Waals surface area (Å²) in [5, 5.41) is 20.5. The summed E-state index contributed by atoms with van der Waals surface area (Å²) >= 11 is 0. The average Bonchev–Trinajstić information content (AvgIpc) is 2.78. The van der Waals surface area contributed by atoms with Gasteiger partial charge in [-0.3, -0.25) is 20.2 Å². The zero-order chi connectivity index (χ0) is 25.8. The van der Waals surface area contributed by atoms with Crippen LogP contribution in [0, 0.1) is 31.9 Å². The molecule has 0 saturated heterocycles. The molecule has 0 aliphatic rings. The van der Waals surface area contributed by atoms with Gasteiger partial charge in [0.2, 0.25) is 0 Å². The van der Waals surface area contributed by atoms with Crippen LogP contribution in [0.15, 0.2) is 54.6 Å². The highest BCUT2D eigenvalue weighted by molar-refractivity contribution is 5.53. The van der Waals surface area contributed by atoms with Crippen LogP contribution in [0.4, 0.5) is 31.5 Å². The molecule has 0 radical (unpaired) electrons. The van der Waals surface area contributed by atoms with Crippen LogP contribution in [-0.4, -0.2) is 31.2 Å². The summed E-state index contributed by atoms with van der Waals surface area (Å²) in [5.41, 5.74) is 11.0. The van der Waals surface area contributed by atoms with Crippen molar-refractivity contribution in [3.63, 3.8) is 0 Å². The van der Waals surface area contributed by atoms with Gasteiger partial charge in [-0.2, -0.15) is 0 Å². The Morgan fingerprint density at radius 2 is 0.971 bits per heavy atom. The first-order chi connectivity index (χ1) is 16.0. The number of hydrogen-bond donors (Lipinski definition) is 2. The molecule has 0 spiro atoms. The second kappa shape index (κ2) is 13.0. The number of rotatable bonds is 5. The van der Waals surface area contributed by atoms with Crippen molar-refractivity contribution < 1.29 is 32.8 Å². The quantitative estimate of drug-likeness (QED) is 0.307. The van der Waals surface area contributed by atoms with Gasteiger partial charge in [-0.05, 0) is 6.07 Å². The van der Waals surface area contributed by atoms with E-state index in [-0.39, 0.29) is 22.9 Å². The molecule has 34 heavy (non-hydrogen) atoms. The first-order valence-electron chi connectivity index (χ1n) is 9.17. The van der Waals surface area contributed by atoms with Gasteiger partial charge in [0.1, 0.15) is 28.9 Å². The maximum absolute atomic E-state index is 12.6. The molecule has 0 aromatic heterocycles. The van der Waals surface area contributed by atoms with E-state index in [0.29, 0.717) is 22.9 Å². The van der Waals surface area contributed by atoms with Gasteiger partial charge >= 0.3 is 0 Å². The average molecular weight is 480 g/mol. The standard InChI is InChI=1S/C7H6FNO3.C7H8FNO.C7H8N2O3/c1-12-7-3-5(8)2-6(4-7)9(10)11;1-10-7-3-5(8)2-6(9)4-7;1-12-7-3-5(8)2-6(4-7)9(10)11/h2-4H,1H3;2-4H,9H2,1H3;2-4H,8H2,1H3. The first-order valence-corrected chi connectivity index (χ1v) is 9.17. The van der Waals surface area contributed by atoms with Crippen molar-refractivity contribution >= 4 is 22.7 Å². The van der Waals surface area contributed by atoms with Gasteiger partial charge in [-0.15, -0.1) is 0 Å². The molecule has 0 bridgehead atoms. The maximum Gasteiger partial charge on any atom is 0.276 e. The number of halogens is 2. The Balaban J connectivity index is 0.000000256. The van der Waals surface area contributed by atoms with Gasteiger partial charge in [0, 0.05) is 41.7 Å². The topological polar surface area (TPSA) is 166 Å². The van der Waals surface area contributed by atoms with Gasteiger partial charge in [0.05, 0.1) is 49.4 Å². The van der Waals surface area contributed by atoms with Gasteiger partial charge < -0.3 is 25.7 Å². The van der Waals surface area contributed by atoms with Crippen LogP contribution in [0.1, 0.15) is 0 Å². The predicted octanol–water partition coefficient (Wildman–Crippen LogP) is 4.34. The Hall–Kier alpha value is -4.68. The molecular formula is C21H22F2N4O7. The van der Waals surface area contributed by atoms with E-state index < -0.39 is 15.7 Å². The van der Waals surface area contributed by atoms with Gasteiger partial charge in [0.25, 0.3) is 11.4 Å². The molecule has 11 nitrogen and oxygen atoms in total. The summed E-state index contributed by atoms with van der Waals surface area (Å²) in [6, 6.07) is 11.3. The number of ether oxygens (including phenoxy) is 3. The number of nitro benzene ring substituents is 2. The number of anilines is 2. The third kappa shape index (κ3) is 9.21. The Morgan fingerprint density at radius 3 is 1.38 bits per heavy atom. The SMILES string of the molecule is COc1cc(F)cc([N+](=O)[O-])c1.COc1cc(N)cc(F)c1.COc1cc(N)cc([N+](=O)[O-])c1. The number of nitrogen functional groups attached to an aromatic ring is 2. The van der Waals surface area contributed by atoms with Crippen molar-refractivity contribution in [2.24, 2.45) is 0 Å². The van der Waals surface area contributed by atoms with Crippen molar-refractivity contribution in [1.29, 1.82) is 0 Å². The van der Waals surface area contributed by atoms with Crippen molar-refractivity contribution in [3.8, 4) is 17.2 Å². The fraction of sp³-hybridized carbons (Fsp3) is 0.143. The summed E-state index contributed by atoms with van der Waals surface area (Å²) in [4.78, 5) is 19.3. The minimum Gasteiger partial charge on any atom is -0.497 e. The molecule has 0 aliphatic heterocycles.